The Morgan fingerprint density at radius 3 is 2.08 bits per heavy atom. The summed E-state index contributed by atoms with van der Waals surface area (Å²) in [6, 6.07) is 11.1. The molecule has 0 heterocycles. The van der Waals surface area contributed by atoms with E-state index in [0.29, 0.717) is 0 Å². The molecule has 0 atom stereocenters. The van der Waals surface area contributed by atoms with Gasteiger partial charge in [-0.15, -0.1) is 12.1 Å². The summed E-state index contributed by atoms with van der Waals surface area (Å²) >= 11 is 0. The Hall–Kier alpha value is -0.383. The largest absolute Gasteiger partial charge is 1.00 e. The molecule has 0 unspecified atom stereocenters. The molecule has 0 N–H and O–H groups in total. The molecule has 60 valence electrons. The van der Waals surface area contributed by atoms with Gasteiger partial charge in [-0.05, 0) is 13.8 Å². The number of rotatable bonds is 3. The summed E-state index contributed by atoms with van der Waals surface area (Å²) in [5.74, 6) is 0. The molecule has 0 aliphatic rings. The van der Waals surface area contributed by atoms with Gasteiger partial charge in [0.1, 0.15) is 0 Å². The van der Waals surface area contributed by atoms with Crippen LogP contribution in [-0.4, -0.2) is 13.1 Å². The third-order valence-electron chi connectivity index (χ3n) is 1.83. The summed E-state index contributed by atoms with van der Waals surface area (Å²) in [6.07, 6.45) is 0. The Kier molecular flexibility index (Phi) is 5.97. The van der Waals surface area contributed by atoms with Gasteiger partial charge in [-0.25, -0.2) is 0 Å². The van der Waals surface area contributed by atoms with Crippen molar-refractivity contribution in [3.05, 3.63) is 30.3 Å². The second-order valence-corrected chi connectivity index (χ2v) is 2.43. The van der Waals surface area contributed by atoms with Crippen LogP contribution in [0.1, 0.15) is 13.8 Å². The molecule has 0 bridgehead atoms. The molecular weight excluding hydrogens is 141 g/mol. The molecule has 12 heavy (non-hydrogen) atoms. The van der Waals surface area contributed by atoms with Crippen molar-refractivity contribution >= 4 is 5.69 Å². The van der Waals surface area contributed by atoms with Gasteiger partial charge in [-0.3, -0.25) is 0 Å². The molecule has 1 aromatic carbocycles. The normalized spacial score (nSPS) is 8.83. The van der Waals surface area contributed by atoms with E-state index in [0.717, 1.165) is 13.1 Å². The molecule has 1 rings (SSSR count). The first-order valence-corrected chi connectivity index (χ1v) is 4.09. The SMILES string of the molecule is CCN(CC)c1cc[c-]cc1.[Li+]. The fraction of sp³-hybridized carbons (Fsp3) is 0.400. The standard InChI is InChI=1S/C10H14N.Li/c1-3-11(4-2)10-8-6-5-7-9-10;/h6-9H,3-4H2,1-2H3;/q-1;+1. The number of anilines is 1. The van der Waals surface area contributed by atoms with Crippen molar-refractivity contribution in [1.82, 2.24) is 0 Å². The van der Waals surface area contributed by atoms with E-state index in [4.69, 9.17) is 0 Å². The van der Waals surface area contributed by atoms with Gasteiger partial charge in [-0.1, -0.05) is 5.69 Å². The van der Waals surface area contributed by atoms with E-state index in [9.17, 15) is 0 Å². The van der Waals surface area contributed by atoms with Gasteiger partial charge in [0.25, 0.3) is 0 Å². The summed E-state index contributed by atoms with van der Waals surface area (Å²) in [5.41, 5.74) is 1.29. The maximum atomic E-state index is 3.01. The molecule has 0 aromatic heterocycles. The first kappa shape index (κ1) is 11.6. The van der Waals surface area contributed by atoms with Crippen LogP contribution >= 0.6 is 0 Å². The van der Waals surface area contributed by atoms with Crippen molar-refractivity contribution in [3.8, 4) is 0 Å². The average molecular weight is 155 g/mol. The molecule has 0 fully saturated rings. The van der Waals surface area contributed by atoms with E-state index in [-0.39, 0.29) is 18.9 Å². The van der Waals surface area contributed by atoms with Crippen LogP contribution in [0.15, 0.2) is 24.3 Å². The number of hydrogen-bond acceptors (Lipinski definition) is 1. The van der Waals surface area contributed by atoms with Crippen LogP contribution in [-0.2, 0) is 0 Å². The Morgan fingerprint density at radius 2 is 1.67 bits per heavy atom. The maximum Gasteiger partial charge on any atom is 1.00 e. The van der Waals surface area contributed by atoms with E-state index < -0.39 is 0 Å². The molecule has 0 aliphatic heterocycles. The molecule has 1 nitrogen and oxygen atoms in total. The summed E-state index contributed by atoms with van der Waals surface area (Å²) in [5, 5.41) is 0. The van der Waals surface area contributed by atoms with Crippen LogP contribution in [0.3, 0.4) is 0 Å². The number of hydrogen-bond donors (Lipinski definition) is 0. The zero-order valence-corrected chi connectivity index (χ0v) is 8.17. The minimum absolute atomic E-state index is 0. The van der Waals surface area contributed by atoms with Gasteiger partial charge >= 0.3 is 18.9 Å². The molecule has 0 spiro atoms. The smallest absolute Gasteiger partial charge is 0.394 e. The van der Waals surface area contributed by atoms with Gasteiger partial charge in [0.2, 0.25) is 0 Å². The molecule has 1 aromatic rings. The van der Waals surface area contributed by atoms with Crippen LogP contribution in [0, 0.1) is 6.07 Å². The zero-order chi connectivity index (χ0) is 8.10. The van der Waals surface area contributed by atoms with Gasteiger partial charge in [0.05, 0.1) is 0 Å². The molecule has 2 heteroatoms. The maximum absolute atomic E-state index is 3.01. The van der Waals surface area contributed by atoms with Gasteiger partial charge in [-0.2, -0.15) is 18.2 Å². The van der Waals surface area contributed by atoms with E-state index >= 15 is 0 Å². The van der Waals surface area contributed by atoms with Crippen molar-refractivity contribution in [3.63, 3.8) is 0 Å². The summed E-state index contributed by atoms with van der Waals surface area (Å²) < 4.78 is 0. The Balaban J connectivity index is 0.00000121. The predicted molar refractivity (Wildman–Crippen MR) is 48.8 cm³/mol. The average Bonchev–Trinajstić information content (AvgIpc) is 2.09. The van der Waals surface area contributed by atoms with Crippen molar-refractivity contribution in [2.75, 3.05) is 18.0 Å². The van der Waals surface area contributed by atoms with E-state index in [1.165, 1.54) is 5.69 Å². The third kappa shape index (κ3) is 2.93. The van der Waals surface area contributed by atoms with Crippen molar-refractivity contribution in [2.24, 2.45) is 0 Å². The van der Waals surface area contributed by atoms with Crippen LogP contribution in [0.2, 0.25) is 0 Å². The number of nitrogens with zero attached hydrogens (tertiary/aromatic N) is 1. The first-order valence-electron chi connectivity index (χ1n) is 4.09. The minimum Gasteiger partial charge on any atom is -0.394 e. The van der Waals surface area contributed by atoms with Crippen LogP contribution in [0.4, 0.5) is 5.69 Å². The van der Waals surface area contributed by atoms with Crippen LogP contribution in [0.25, 0.3) is 0 Å². The van der Waals surface area contributed by atoms with Crippen LogP contribution in [0.5, 0.6) is 0 Å². The first-order chi connectivity index (χ1) is 5.38. The predicted octanol–water partition coefficient (Wildman–Crippen LogP) is -0.663. The molecule has 0 aliphatic carbocycles. The summed E-state index contributed by atoms with van der Waals surface area (Å²) in [6.45, 7) is 6.47. The van der Waals surface area contributed by atoms with Crippen LogP contribution < -0.4 is 23.8 Å². The van der Waals surface area contributed by atoms with Crippen molar-refractivity contribution in [1.29, 1.82) is 0 Å². The monoisotopic (exact) mass is 155 g/mol. The van der Waals surface area contributed by atoms with Crippen molar-refractivity contribution < 1.29 is 18.9 Å². The molecule has 0 saturated carbocycles. The molecule has 0 radical (unpaired) electrons. The third-order valence-corrected chi connectivity index (χ3v) is 1.83. The van der Waals surface area contributed by atoms with Gasteiger partial charge in [0.15, 0.2) is 0 Å². The molecule has 0 amide bonds. The summed E-state index contributed by atoms with van der Waals surface area (Å²) in [4.78, 5) is 2.31. The van der Waals surface area contributed by atoms with Gasteiger partial charge < -0.3 is 4.90 Å². The number of benzene rings is 1. The molecule has 0 saturated heterocycles. The van der Waals surface area contributed by atoms with E-state index in [1.807, 2.05) is 12.1 Å². The Morgan fingerprint density at radius 1 is 1.17 bits per heavy atom. The topological polar surface area (TPSA) is 3.24 Å². The molecular formula is C10H14LiN. The fourth-order valence-electron chi connectivity index (χ4n) is 1.18. The Labute approximate surface area is 86.9 Å². The second-order valence-electron chi connectivity index (χ2n) is 2.43. The van der Waals surface area contributed by atoms with Gasteiger partial charge in [0, 0.05) is 13.1 Å². The minimum atomic E-state index is 0. The Bertz CT molecular complexity index is 194. The quantitative estimate of drug-likeness (QED) is 0.413. The van der Waals surface area contributed by atoms with E-state index in [1.54, 1.807) is 0 Å². The summed E-state index contributed by atoms with van der Waals surface area (Å²) in [7, 11) is 0. The fourth-order valence-corrected chi connectivity index (χ4v) is 1.18. The second kappa shape index (κ2) is 6.17. The van der Waals surface area contributed by atoms with Crippen molar-refractivity contribution in [2.45, 2.75) is 13.8 Å². The zero-order valence-electron chi connectivity index (χ0n) is 8.17. The van der Waals surface area contributed by atoms with E-state index in [2.05, 4.69) is 36.9 Å².